The van der Waals surface area contributed by atoms with Crippen LogP contribution < -0.4 is 5.32 Å². The fourth-order valence-electron chi connectivity index (χ4n) is 2.82. The van der Waals surface area contributed by atoms with Crippen LogP contribution in [0.1, 0.15) is 24.2 Å². The van der Waals surface area contributed by atoms with Crippen molar-refractivity contribution >= 4 is 23.2 Å². The second-order valence-corrected chi connectivity index (χ2v) is 6.72. The second kappa shape index (κ2) is 6.16. The molecule has 0 aliphatic heterocycles. The molecule has 0 radical (unpaired) electrons. The molecule has 4 rings (SSSR count). The Morgan fingerprint density at radius 2 is 1.83 bits per heavy atom. The third-order valence-corrected chi connectivity index (χ3v) is 5.08. The summed E-state index contributed by atoms with van der Waals surface area (Å²) >= 11 is 12.2. The van der Waals surface area contributed by atoms with Gasteiger partial charge in [0.1, 0.15) is 0 Å². The Morgan fingerprint density at radius 1 is 1.04 bits per heavy atom. The van der Waals surface area contributed by atoms with Gasteiger partial charge in [-0.25, -0.2) is 0 Å². The van der Waals surface area contributed by atoms with Crippen LogP contribution in [0, 0.1) is 0 Å². The Morgan fingerprint density at radius 3 is 2.54 bits per heavy atom. The summed E-state index contributed by atoms with van der Waals surface area (Å²) in [7, 11) is 0. The molecule has 0 saturated heterocycles. The van der Waals surface area contributed by atoms with E-state index in [4.69, 9.17) is 23.2 Å². The quantitative estimate of drug-likeness (QED) is 0.753. The number of hydrogen-bond donors (Lipinski definition) is 1. The van der Waals surface area contributed by atoms with Gasteiger partial charge in [-0.3, -0.25) is 0 Å². The van der Waals surface area contributed by atoms with Gasteiger partial charge < -0.3 is 5.32 Å². The topological polar surface area (TPSA) is 55.6 Å². The number of rotatable bonds is 5. The molecular formula is C17H15Cl2N5. The monoisotopic (exact) mass is 359 g/mol. The van der Waals surface area contributed by atoms with Crippen LogP contribution in [0.4, 0.5) is 0 Å². The van der Waals surface area contributed by atoms with E-state index < -0.39 is 0 Å². The molecule has 0 amide bonds. The third-order valence-electron chi connectivity index (χ3n) is 4.34. The van der Waals surface area contributed by atoms with E-state index in [2.05, 4.69) is 20.8 Å². The number of nitrogens with zero attached hydrogens (tertiary/aromatic N) is 4. The van der Waals surface area contributed by atoms with Crippen LogP contribution in [0.25, 0.3) is 5.69 Å². The number of halogens is 2. The molecule has 3 aromatic rings. The summed E-state index contributed by atoms with van der Waals surface area (Å²) in [6, 6.07) is 15.7. The third kappa shape index (κ3) is 2.90. The zero-order valence-electron chi connectivity index (χ0n) is 12.8. The molecule has 0 bridgehead atoms. The first kappa shape index (κ1) is 15.6. The van der Waals surface area contributed by atoms with Gasteiger partial charge in [0.15, 0.2) is 5.82 Å². The van der Waals surface area contributed by atoms with Crippen molar-refractivity contribution in [2.24, 2.45) is 0 Å². The normalized spacial score (nSPS) is 15.4. The van der Waals surface area contributed by atoms with Gasteiger partial charge in [0.05, 0.1) is 22.3 Å². The highest BCUT2D eigenvalue weighted by Crippen LogP contribution is 2.46. The van der Waals surface area contributed by atoms with Gasteiger partial charge in [-0.2, -0.15) is 4.68 Å². The fraction of sp³-hybridized carbons (Fsp3) is 0.235. The summed E-state index contributed by atoms with van der Waals surface area (Å²) in [5.41, 5.74) is 2.02. The molecule has 7 heteroatoms. The van der Waals surface area contributed by atoms with E-state index in [1.54, 1.807) is 4.68 Å². The molecule has 1 saturated carbocycles. The van der Waals surface area contributed by atoms with E-state index in [9.17, 15) is 0 Å². The number of aromatic nitrogens is 4. The van der Waals surface area contributed by atoms with Crippen LogP contribution in [-0.4, -0.2) is 20.2 Å². The average molecular weight is 360 g/mol. The van der Waals surface area contributed by atoms with Gasteiger partial charge in [-0.15, -0.1) is 5.10 Å². The predicted octanol–water partition coefficient (Wildman–Crippen LogP) is 3.75. The standard InChI is InChI=1S/C17H15Cl2N5/c18-14-7-6-12(10-15(14)19)17(8-9-17)20-11-16-21-22-23-24(16)13-4-2-1-3-5-13/h1-7,10,20H,8-9,11H2. The van der Waals surface area contributed by atoms with Crippen LogP contribution in [0.15, 0.2) is 48.5 Å². The van der Waals surface area contributed by atoms with E-state index in [0.29, 0.717) is 16.6 Å². The van der Waals surface area contributed by atoms with Crippen molar-refractivity contribution < 1.29 is 0 Å². The number of benzene rings is 2. The molecule has 24 heavy (non-hydrogen) atoms. The predicted molar refractivity (Wildman–Crippen MR) is 93.4 cm³/mol. The van der Waals surface area contributed by atoms with E-state index in [0.717, 1.165) is 29.9 Å². The van der Waals surface area contributed by atoms with Crippen molar-refractivity contribution in [3.63, 3.8) is 0 Å². The Labute approximate surface area is 149 Å². The average Bonchev–Trinajstić information content (AvgIpc) is 3.25. The van der Waals surface area contributed by atoms with E-state index in [1.165, 1.54) is 0 Å². The maximum Gasteiger partial charge on any atom is 0.170 e. The molecule has 2 aromatic carbocycles. The Bertz CT molecular complexity index is 858. The maximum absolute atomic E-state index is 6.16. The van der Waals surface area contributed by atoms with E-state index in [-0.39, 0.29) is 5.54 Å². The summed E-state index contributed by atoms with van der Waals surface area (Å²) in [5, 5.41) is 16.8. The van der Waals surface area contributed by atoms with Gasteiger partial charge in [0, 0.05) is 5.54 Å². The number of para-hydroxylation sites is 1. The molecule has 0 atom stereocenters. The van der Waals surface area contributed by atoms with E-state index >= 15 is 0 Å². The first-order valence-corrected chi connectivity index (χ1v) is 8.47. The highest BCUT2D eigenvalue weighted by Gasteiger charge is 2.44. The van der Waals surface area contributed by atoms with Crippen LogP contribution >= 0.6 is 23.2 Å². The zero-order valence-corrected chi connectivity index (χ0v) is 14.3. The number of nitrogens with one attached hydrogen (secondary N) is 1. The van der Waals surface area contributed by atoms with Gasteiger partial charge >= 0.3 is 0 Å². The van der Waals surface area contributed by atoms with Crippen LogP contribution in [0.3, 0.4) is 0 Å². The molecule has 1 aliphatic carbocycles. The van der Waals surface area contributed by atoms with Crippen molar-refractivity contribution in [1.82, 2.24) is 25.5 Å². The molecule has 1 fully saturated rings. The fourth-order valence-corrected chi connectivity index (χ4v) is 3.12. The summed E-state index contributed by atoms with van der Waals surface area (Å²) in [5.74, 6) is 0.771. The molecule has 1 heterocycles. The van der Waals surface area contributed by atoms with Crippen LogP contribution in [0.2, 0.25) is 10.0 Å². The minimum absolute atomic E-state index is 0.0678. The minimum Gasteiger partial charge on any atom is -0.300 e. The molecule has 0 spiro atoms. The van der Waals surface area contributed by atoms with Gasteiger partial charge in [0.25, 0.3) is 0 Å². The first-order chi connectivity index (χ1) is 11.7. The maximum atomic E-state index is 6.16. The SMILES string of the molecule is Clc1ccc(C2(NCc3nnnn3-c3ccccc3)CC2)cc1Cl. The van der Waals surface area contributed by atoms with Crippen molar-refractivity contribution in [3.05, 3.63) is 70.0 Å². The molecule has 1 aliphatic rings. The lowest BCUT2D eigenvalue weighted by Gasteiger charge is -2.18. The summed E-state index contributed by atoms with van der Waals surface area (Å²) in [4.78, 5) is 0. The molecule has 0 unspecified atom stereocenters. The minimum atomic E-state index is -0.0678. The molecule has 1 N–H and O–H groups in total. The van der Waals surface area contributed by atoms with Crippen LogP contribution in [0.5, 0.6) is 0 Å². The molecular weight excluding hydrogens is 345 g/mol. The lowest BCUT2D eigenvalue weighted by Crippen LogP contribution is -2.29. The van der Waals surface area contributed by atoms with Gasteiger partial charge in [-0.05, 0) is 53.1 Å². The summed E-state index contributed by atoms with van der Waals surface area (Å²) < 4.78 is 1.75. The Kier molecular flexibility index (Phi) is 4.00. The molecule has 1 aromatic heterocycles. The highest BCUT2D eigenvalue weighted by molar-refractivity contribution is 6.42. The smallest absolute Gasteiger partial charge is 0.170 e. The lowest BCUT2D eigenvalue weighted by molar-refractivity contribution is 0.501. The van der Waals surface area contributed by atoms with Crippen molar-refractivity contribution in [2.75, 3.05) is 0 Å². The van der Waals surface area contributed by atoms with Crippen molar-refractivity contribution in [2.45, 2.75) is 24.9 Å². The lowest BCUT2D eigenvalue weighted by atomic mass is 10.1. The Balaban J connectivity index is 1.54. The van der Waals surface area contributed by atoms with E-state index in [1.807, 2.05) is 48.5 Å². The summed E-state index contributed by atoms with van der Waals surface area (Å²) in [6.45, 7) is 0.572. The second-order valence-electron chi connectivity index (χ2n) is 5.91. The van der Waals surface area contributed by atoms with Gasteiger partial charge in [0.2, 0.25) is 0 Å². The molecule has 5 nitrogen and oxygen atoms in total. The number of hydrogen-bond acceptors (Lipinski definition) is 4. The number of tetrazole rings is 1. The van der Waals surface area contributed by atoms with Crippen molar-refractivity contribution in [1.29, 1.82) is 0 Å². The van der Waals surface area contributed by atoms with Crippen molar-refractivity contribution in [3.8, 4) is 5.69 Å². The largest absolute Gasteiger partial charge is 0.300 e. The Hall–Kier alpha value is -1.95. The molecule has 122 valence electrons. The zero-order chi connectivity index (χ0) is 16.6. The van der Waals surface area contributed by atoms with Gasteiger partial charge in [-0.1, -0.05) is 47.5 Å². The van der Waals surface area contributed by atoms with Crippen LogP contribution in [-0.2, 0) is 12.1 Å². The summed E-state index contributed by atoms with van der Waals surface area (Å²) in [6.07, 6.45) is 2.11. The highest BCUT2D eigenvalue weighted by atomic mass is 35.5. The first-order valence-electron chi connectivity index (χ1n) is 7.71.